The number of rotatable bonds is 5. The van der Waals surface area contributed by atoms with E-state index in [2.05, 4.69) is 0 Å². The molecule has 1 aliphatic rings. The Morgan fingerprint density at radius 3 is 2.33 bits per heavy atom. The quantitative estimate of drug-likeness (QED) is 0.604. The van der Waals surface area contributed by atoms with Gasteiger partial charge in [-0.15, -0.1) is 0 Å². The van der Waals surface area contributed by atoms with Crippen molar-refractivity contribution in [1.29, 1.82) is 0 Å². The van der Waals surface area contributed by atoms with Crippen molar-refractivity contribution in [3.8, 4) is 0 Å². The second kappa shape index (κ2) is 6.55. The summed E-state index contributed by atoms with van der Waals surface area (Å²) < 4.78 is 5.28. The van der Waals surface area contributed by atoms with Crippen LogP contribution < -0.4 is 5.73 Å². The van der Waals surface area contributed by atoms with Crippen LogP contribution in [0.2, 0.25) is 0 Å². The number of unbranched alkanes of at least 4 members (excludes halogenated alkanes) is 1. The van der Waals surface area contributed by atoms with Gasteiger partial charge >= 0.3 is 5.97 Å². The first-order chi connectivity index (χ1) is 8.31. The van der Waals surface area contributed by atoms with Gasteiger partial charge in [0, 0.05) is 12.0 Å². The van der Waals surface area contributed by atoms with Gasteiger partial charge in [0.2, 0.25) is 0 Å². The van der Waals surface area contributed by atoms with Crippen molar-refractivity contribution in [2.24, 2.45) is 5.73 Å². The molecule has 0 aromatic heterocycles. The van der Waals surface area contributed by atoms with Crippen LogP contribution in [-0.2, 0) is 9.53 Å². The van der Waals surface area contributed by atoms with Crippen LogP contribution in [-0.4, -0.2) is 17.1 Å². The van der Waals surface area contributed by atoms with E-state index in [-0.39, 0.29) is 17.1 Å². The lowest BCUT2D eigenvalue weighted by Crippen LogP contribution is -2.41. The van der Waals surface area contributed by atoms with E-state index in [9.17, 15) is 4.79 Å². The second-order valence-corrected chi connectivity index (χ2v) is 6.72. The first kappa shape index (κ1) is 15.5. The Morgan fingerprint density at radius 2 is 1.78 bits per heavy atom. The van der Waals surface area contributed by atoms with E-state index < -0.39 is 0 Å². The molecule has 0 aliphatic heterocycles. The van der Waals surface area contributed by atoms with Crippen LogP contribution in [0.25, 0.3) is 0 Å². The molecule has 0 radical (unpaired) electrons. The topological polar surface area (TPSA) is 52.3 Å². The van der Waals surface area contributed by atoms with Gasteiger partial charge in [0.15, 0.2) is 0 Å². The molecule has 0 spiro atoms. The summed E-state index contributed by atoms with van der Waals surface area (Å²) >= 11 is 0. The van der Waals surface area contributed by atoms with Crippen LogP contribution >= 0.6 is 0 Å². The van der Waals surface area contributed by atoms with Crippen LogP contribution in [0.15, 0.2) is 0 Å². The highest BCUT2D eigenvalue weighted by atomic mass is 16.6. The van der Waals surface area contributed by atoms with Crippen molar-refractivity contribution in [3.63, 3.8) is 0 Å². The average molecular weight is 255 g/mol. The van der Waals surface area contributed by atoms with E-state index in [4.69, 9.17) is 10.5 Å². The van der Waals surface area contributed by atoms with Crippen LogP contribution in [0.3, 0.4) is 0 Å². The van der Waals surface area contributed by atoms with Gasteiger partial charge in [-0.1, -0.05) is 25.7 Å². The van der Waals surface area contributed by atoms with E-state index in [1.807, 2.05) is 20.8 Å². The molecule has 106 valence electrons. The number of ether oxygens (including phenoxy) is 1. The van der Waals surface area contributed by atoms with E-state index in [0.717, 1.165) is 32.1 Å². The lowest BCUT2D eigenvalue weighted by Gasteiger charge is -2.33. The zero-order chi connectivity index (χ0) is 13.6. The number of nitrogens with two attached hydrogens (primary N) is 1. The summed E-state index contributed by atoms with van der Waals surface area (Å²) in [6.45, 7) is 5.71. The highest BCUT2D eigenvalue weighted by molar-refractivity contribution is 5.69. The average Bonchev–Trinajstić information content (AvgIpc) is 2.23. The summed E-state index contributed by atoms with van der Waals surface area (Å²) in [5.41, 5.74) is 6.04. The lowest BCUT2D eigenvalue weighted by molar-refractivity contribution is -0.154. The zero-order valence-corrected chi connectivity index (χ0v) is 12.3. The normalized spacial score (nSPS) is 19.6. The van der Waals surface area contributed by atoms with Gasteiger partial charge < -0.3 is 10.5 Å². The molecule has 3 heteroatoms. The summed E-state index contributed by atoms with van der Waals surface area (Å²) in [6, 6.07) is 0. The lowest BCUT2D eigenvalue weighted by atomic mass is 9.79. The molecule has 3 nitrogen and oxygen atoms in total. The van der Waals surface area contributed by atoms with Gasteiger partial charge in [-0.3, -0.25) is 4.79 Å². The van der Waals surface area contributed by atoms with E-state index in [0.29, 0.717) is 6.42 Å². The Labute approximate surface area is 111 Å². The highest BCUT2D eigenvalue weighted by Gasteiger charge is 2.26. The number of carbonyl (C=O) groups is 1. The van der Waals surface area contributed by atoms with Crippen LogP contribution in [0.1, 0.15) is 78.6 Å². The molecule has 1 rings (SSSR count). The van der Waals surface area contributed by atoms with Crippen LogP contribution in [0, 0.1) is 0 Å². The third-order valence-electron chi connectivity index (χ3n) is 3.57. The van der Waals surface area contributed by atoms with Crippen LogP contribution in [0.4, 0.5) is 0 Å². The molecule has 0 aromatic rings. The molecule has 0 atom stereocenters. The van der Waals surface area contributed by atoms with Crippen LogP contribution in [0.5, 0.6) is 0 Å². The first-order valence-corrected chi connectivity index (χ1v) is 7.32. The van der Waals surface area contributed by atoms with Gasteiger partial charge in [-0.2, -0.15) is 0 Å². The molecule has 0 unspecified atom stereocenters. The number of hydrogen-bond acceptors (Lipinski definition) is 3. The van der Waals surface area contributed by atoms with Gasteiger partial charge in [0.25, 0.3) is 0 Å². The standard InChI is InChI=1S/C15H29NO2/c1-14(2,3)18-13(17)9-5-8-12-15(16)10-6-4-7-11-15/h4-12,16H2,1-3H3. The maximum Gasteiger partial charge on any atom is 0.306 e. The van der Waals surface area contributed by atoms with Gasteiger partial charge in [-0.05, 0) is 46.5 Å². The van der Waals surface area contributed by atoms with Crippen molar-refractivity contribution in [2.45, 2.75) is 89.7 Å². The molecule has 0 bridgehead atoms. The summed E-state index contributed by atoms with van der Waals surface area (Å²) in [5.74, 6) is -0.0859. The summed E-state index contributed by atoms with van der Waals surface area (Å²) in [4.78, 5) is 11.5. The molecule has 18 heavy (non-hydrogen) atoms. The summed E-state index contributed by atoms with van der Waals surface area (Å²) in [7, 11) is 0. The van der Waals surface area contributed by atoms with Crippen molar-refractivity contribution in [3.05, 3.63) is 0 Å². The Balaban J connectivity index is 2.12. The third-order valence-corrected chi connectivity index (χ3v) is 3.57. The minimum atomic E-state index is -0.366. The Kier molecular flexibility index (Phi) is 5.64. The molecule has 1 aliphatic carbocycles. The number of esters is 1. The second-order valence-electron chi connectivity index (χ2n) is 6.72. The van der Waals surface area contributed by atoms with E-state index in [1.165, 1.54) is 19.3 Å². The first-order valence-electron chi connectivity index (χ1n) is 7.32. The smallest absolute Gasteiger partial charge is 0.306 e. The third kappa shape index (κ3) is 6.39. The molecule has 0 aromatic carbocycles. The van der Waals surface area contributed by atoms with E-state index >= 15 is 0 Å². The number of hydrogen-bond donors (Lipinski definition) is 1. The molecular weight excluding hydrogens is 226 g/mol. The maximum atomic E-state index is 11.5. The predicted octanol–water partition coefficient (Wildman–Crippen LogP) is 3.55. The minimum Gasteiger partial charge on any atom is -0.460 e. The van der Waals surface area contributed by atoms with Gasteiger partial charge in [-0.25, -0.2) is 0 Å². The largest absolute Gasteiger partial charge is 0.460 e. The van der Waals surface area contributed by atoms with Crippen molar-refractivity contribution in [1.82, 2.24) is 0 Å². The molecule has 1 saturated carbocycles. The predicted molar refractivity (Wildman–Crippen MR) is 74.3 cm³/mol. The highest BCUT2D eigenvalue weighted by Crippen LogP contribution is 2.30. The van der Waals surface area contributed by atoms with Crippen molar-refractivity contribution in [2.75, 3.05) is 0 Å². The Morgan fingerprint density at radius 1 is 1.17 bits per heavy atom. The molecule has 0 amide bonds. The monoisotopic (exact) mass is 255 g/mol. The van der Waals surface area contributed by atoms with E-state index in [1.54, 1.807) is 0 Å². The van der Waals surface area contributed by atoms with Gasteiger partial charge in [0.1, 0.15) is 5.60 Å². The minimum absolute atomic E-state index is 0.0478. The summed E-state index contributed by atoms with van der Waals surface area (Å²) in [5, 5.41) is 0. The fourth-order valence-corrected chi connectivity index (χ4v) is 2.64. The Hall–Kier alpha value is -0.570. The molecule has 1 fully saturated rings. The fourth-order valence-electron chi connectivity index (χ4n) is 2.64. The summed E-state index contributed by atoms with van der Waals surface area (Å²) in [6.07, 6.45) is 9.67. The fraction of sp³-hybridized carbons (Fsp3) is 0.933. The maximum absolute atomic E-state index is 11.5. The SMILES string of the molecule is CC(C)(C)OC(=O)CCCCC1(N)CCCCC1. The molecular formula is C15H29NO2. The van der Waals surface area contributed by atoms with Crippen molar-refractivity contribution < 1.29 is 9.53 Å². The Bertz CT molecular complexity index is 262. The molecule has 2 N–H and O–H groups in total. The zero-order valence-electron chi connectivity index (χ0n) is 12.3. The van der Waals surface area contributed by atoms with Crippen molar-refractivity contribution >= 4 is 5.97 Å². The molecule has 0 saturated heterocycles. The van der Waals surface area contributed by atoms with Gasteiger partial charge in [0.05, 0.1) is 0 Å². The number of carbonyl (C=O) groups excluding carboxylic acids is 1. The molecule has 0 heterocycles.